The van der Waals surface area contributed by atoms with Crippen molar-refractivity contribution >= 4 is 33.3 Å². The van der Waals surface area contributed by atoms with Crippen molar-refractivity contribution in [1.82, 2.24) is 9.97 Å². The van der Waals surface area contributed by atoms with E-state index in [9.17, 15) is 0 Å². The van der Waals surface area contributed by atoms with Gasteiger partial charge in [0, 0.05) is 12.7 Å². The van der Waals surface area contributed by atoms with E-state index < -0.39 is 0 Å². The van der Waals surface area contributed by atoms with Gasteiger partial charge < -0.3 is 5.32 Å². The van der Waals surface area contributed by atoms with Crippen LogP contribution in [-0.2, 0) is 0 Å². The van der Waals surface area contributed by atoms with Crippen molar-refractivity contribution in [3.63, 3.8) is 0 Å². The Bertz CT molecular complexity index is 416. The molecule has 0 bridgehead atoms. The molecule has 2 aliphatic rings. The van der Waals surface area contributed by atoms with Gasteiger partial charge in [0.25, 0.3) is 0 Å². The van der Waals surface area contributed by atoms with E-state index in [2.05, 4.69) is 31.2 Å². The van der Waals surface area contributed by atoms with Gasteiger partial charge in [0.1, 0.15) is 5.82 Å². The molecule has 2 saturated carbocycles. The summed E-state index contributed by atoms with van der Waals surface area (Å²) in [5, 5.41) is 3.69. The van der Waals surface area contributed by atoms with Crippen LogP contribution in [0.3, 0.4) is 0 Å². The normalized spacial score (nSPS) is 21.9. The molecule has 5 heteroatoms. The smallest absolute Gasteiger partial charge is 0.224 e. The fraction of sp³-hybridized carbons (Fsp3) is 0.636. The number of halogens is 2. The van der Waals surface area contributed by atoms with Gasteiger partial charge in [-0.3, -0.25) is 0 Å². The van der Waals surface area contributed by atoms with Crippen molar-refractivity contribution in [1.29, 1.82) is 0 Å². The molecule has 3 nitrogen and oxygen atoms in total. The van der Waals surface area contributed by atoms with E-state index in [1.54, 1.807) is 6.20 Å². The minimum Gasteiger partial charge on any atom is -0.368 e. The topological polar surface area (TPSA) is 37.8 Å². The van der Waals surface area contributed by atoms with Gasteiger partial charge in [-0.05, 0) is 64.5 Å². The summed E-state index contributed by atoms with van der Waals surface area (Å²) in [5.41, 5.74) is 0.566. The summed E-state index contributed by atoms with van der Waals surface area (Å²) in [4.78, 5) is 8.09. The zero-order chi connectivity index (χ0) is 11.2. The molecule has 0 saturated heterocycles. The van der Waals surface area contributed by atoms with Gasteiger partial charge in [-0.2, -0.15) is 4.98 Å². The Kier molecular flexibility index (Phi) is 2.59. The summed E-state index contributed by atoms with van der Waals surface area (Å²) in [6.07, 6.45) is 7.23. The third-order valence-electron chi connectivity index (χ3n) is 3.66. The average molecular weight is 303 g/mol. The molecule has 0 spiro atoms. The molecule has 0 aliphatic heterocycles. The molecular formula is C11H13BrClN3. The predicted octanol–water partition coefficient (Wildman–Crippen LogP) is 3.49. The van der Waals surface area contributed by atoms with Crippen LogP contribution in [0.5, 0.6) is 0 Å². The minimum atomic E-state index is 0.293. The Hall–Kier alpha value is -0.350. The first-order chi connectivity index (χ1) is 7.70. The van der Waals surface area contributed by atoms with Gasteiger partial charge in [0.2, 0.25) is 5.28 Å². The number of hydrogen-bond acceptors (Lipinski definition) is 3. The maximum atomic E-state index is 5.77. The van der Waals surface area contributed by atoms with E-state index in [4.69, 9.17) is 11.6 Å². The monoisotopic (exact) mass is 301 g/mol. The average Bonchev–Trinajstić information content (AvgIpc) is 3.13. The Morgan fingerprint density at radius 3 is 2.88 bits per heavy atom. The van der Waals surface area contributed by atoms with Gasteiger partial charge in [-0.1, -0.05) is 0 Å². The second kappa shape index (κ2) is 3.84. The number of anilines is 1. The molecule has 1 N–H and O–H groups in total. The van der Waals surface area contributed by atoms with Crippen LogP contribution in [0.1, 0.15) is 25.7 Å². The Morgan fingerprint density at radius 2 is 2.25 bits per heavy atom. The van der Waals surface area contributed by atoms with Crippen LogP contribution in [0, 0.1) is 11.3 Å². The first-order valence-corrected chi connectivity index (χ1v) is 6.79. The number of aromatic nitrogens is 2. The van der Waals surface area contributed by atoms with Crippen molar-refractivity contribution in [3.05, 3.63) is 16.0 Å². The van der Waals surface area contributed by atoms with Crippen molar-refractivity contribution < 1.29 is 0 Å². The minimum absolute atomic E-state index is 0.293. The molecule has 1 aromatic heterocycles. The van der Waals surface area contributed by atoms with Gasteiger partial charge in [-0.25, -0.2) is 4.98 Å². The molecule has 0 amide bonds. The molecule has 2 fully saturated rings. The molecule has 0 unspecified atom stereocenters. The van der Waals surface area contributed by atoms with Crippen LogP contribution in [0.2, 0.25) is 5.28 Å². The van der Waals surface area contributed by atoms with Crippen molar-refractivity contribution in [2.75, 3.05) is 11.9 Å². The lowest BCUT2D eigenvalue weighted by Gasteiger charge is -2.15. The van der Waals surface area contributed by atoms with E-state index in [1.165, 1.54) is 25.7 Å². The van der Waals surface area contributed by atoms with Gasteiger partial charge in [-0.15, -0.1) is 0 Å². The molecule has 16 heavy (non-hydrogen) atoms. The standard InChI is InChI=1S/C11H13BrClN3/c12-8-5-14-10(13)16-9(8)15-6-11(3-4-11)7-1-2-7/h5,7H,1-4,6H2,(H,14,15,16). The lowest BCUT2D eigenvalue weighted by molar-refractivity contribution is 0.466. The number of rotatable bonds is 4. The Labute approximate surface area is 108 Å². The maximum absolute atomic E-state index is 5.77. The lowest BCUT2D eigenvalue weighted by atomic mass is 10.0. The van der Waals surface area contributed by atoms with Crippen LogP contribution in [-0.4, -0.2) is 16.5 Å². The van der Waals surface area contributed by atoms with Crippen molar-refractivity contribution in [3.8, 4) is 0 Å². The molecule has 1 heterocycles. The van der Waals surface area contributed by atoms with Crippen LogP contribution in [0.4, 0.5) is 5.82 Å². The zero-order valence-electron chi connectivity index (χ0n) is 8.84. The molecule has 86 valence electrons. The summed E-state index contributed by atoms with van der Waals surface area (Å²) >= 11 is 9.20. The summed E-state index contributed by atoms with van der Waals surface area (Å²) in [6.45, 7) is 1.02. The summed E-state index contributed by atoms with van der Waals surface area (Å²) in [7, 11) is 0. The Morgan fingerprint density at radius 1 is 1.50 bits per heavy atom. The third-order valence-corrected chi connectivity index (χ3v) is 4.42. The first-order valence-electron chi connectivity index (χ1n) is 5.62. The SMILES string of the molecule is Clc1ncc(Br)c(NCC2(C3CC3)CC2)n1. The molecule has 1 aromatic rings. The van der Waals surface area contributed by atoms with Crippen LogP contribution < -0.4 is 5.32 Å². The first kappa shape index (κ1) is 10.8. The van der Waals surface area contributed by atoms with Crippen LogP contribution >= 0.6 is 27.5 Å². The van der Waals surface area contributed by atoms with Crippen molar-refractivity contribution in [2.24, 2.45) is 11.3 Å². The van der Waals surface area contributed by atoms with E-state index >= 15 is 0 Å². The predicted molar refractivity (Wildman–Crippen MR) is 67.6 cm³/mol. The highest BCUT2D eigenvalue weighted by atomic mass is 79.9. The third kappa shape index (κ3) is 2.05. The van der Waals surface area contributed by atoms with E-state index in [1.807, 2.05) is 0 Å². The van der Waals surface area contributed by atoms with Gasteiger partial charge >= 0.3 is 0 Å². The van der Waals surface area contributed by atoms with Gasteiger partial charge in [0.05, 0.1) is 4.47 Å². The fourth-order valence-corrected chi connectivity index (χ4v) is 2.78. The number of nitrogens with zero attached hydrogens (tertiary/aromatic N) is 2. The van der Waals surface area contributed by atoms with Crippen LogP contribution in [0.15, 0.2) is 10.7 Å². The molecule has 0 aromatic carbocycles. The van der Waals surface area contributed by atoms with Crippen molar-refractivity contribution in [2.45, 2.75) is 25.7 Å². The zero-order valence-corrected chi connectivity index (χ0v) is 11.2. The molecule has 0 atom stereocenters. The highest BCUT2D eigenvalue weighted by Gasteiger charge is 2.53. The number of nitrogens with one attached hydrogen (secondary N) is 1. The molecule has 3 rings (SSSR count). The summed E-state index contributed by atoms with van der Waals surface area (Å²) < 4.78 is 0.878. The molecular weight excluding hydrogens is 289 g/mol. The van der Waals surface area contributed by atoms with E-state index in [0.29, 0.717) is 10.7 Å². The molecule has 0 radical (unpaired) electrons. The quantitative estimate of drug-likeness (QED) is 0.865. The molecule has 2 aliphatic carbocycles. The highest BCUT2D eigenvalue weighted by molar-refractivity contribution is 9.10. The second-order valence-corrected chi connectivity index (χ2v) is 6.02. The Balaban J connectivity index is 1.67. The lowest BCUT2D eigenvalue weighted by Crippen LogP contribution is -2.18. The summed E-state index contributed by atoms with van der Waals surface area (Å²) in [6, 6.07) is 0. The number of hydrogen-bond donors (Lipinski definition) is 1. The van der Waals surface area contributed by atoms with E-state index in [0.717, 1.165) is 22.8 Å². The second-order valence-electron chi connectivity index (χ2n) is 4.83. The largest absolute Gasteiger partial charge is 0.368 e. The maximum Gasteiger partial charge on any atom is 0.224 e. The summed E-state index contributed by atoms with van der Waals surface area (Å²) in [5.74, 6) is 1.77. The van der Waals surface area contributed by atoms with E-state index in [-0.39, 0.29) is 0 Å². The van der Waals surface area contributed by atoms with Gasteiger partial charge in [0.15, 0.2) is 0 Å². The fourth-order valence-electron chi connectivity index (χ4n) is 2.31. The van der Waals surface area contributed by atoms with Crippen LogP contribution in [0.25, 0.3) is 0 Å². The highest BCUT2D eigenvalue weighted by Crippen LogP contribution is 2.61.